The van der Waals surface area contributed by atoms with Crippen molar-refractivity contribution in [1.29, 1.82) is 0 Å². The van der Waals surface area contributed by atoms with E-state index in [9.17, 15) is 21.6 Å². The molecule has 0 N–H and O–H groups in total. The van der Waals surface area contributed by atoms with Gasteiger partial charge in [-0.3, -0.25) is 0 Å². The predicted octanol–water partition coefficient (Wildman–Crippen LogP) is 5.64. The smallest absolute Gasteiger partial charge is 0.355 e. The summed E-state index contributed by atoms with van der Waals surface area (Å²) in [6, 6.07) is 13.6. The molecule has 1 unspecified atom stereocenters. The van der Waals surface area contributed by atoms with Crippen molar-refractivity contribution >= 4 is 26.9 Å². The van der Waals surface area contributed by atoms with Gasteiger partial charge in [0.1, 0.15) is 11.6 Å². The monoisotopic (exact) mass is 572 g/mol. The summed E-state index contributed by atoms with van der Waals surface area (Å²) in [4.78, 5) is 11.5. The van der Waals surface area contributed by atoms with Crippen molar-refractivity contribution < 1.29 is 21.6 Å². The Kier molecular flexibility index (Phi) is 7.83. The van der Waals surface area contributed by atoms with Crippen LogP contribution >= 0.6 is 0 Å². The molecular weight excluding hydrogens is 541 g/mol. The van der Waals surface area contributed by atoms with Gasteiger partial charge in [-0.25, -0.2) is 23.1 Å². The zero-order chi connectivity index (χ0) is 28.5. The van der Waals surface area contributed by atoms with Crippen molar-refractivity contribution in [2.45, 2.75) is 50.1 Å². The SMILES string of the molecule is CCCC(C)c1nc(N2CCCN(S(=O)(=O)c3cccc(C(F)(F)F)c3)CC2)c2cnn(-c3ccccc3)c2n1. The van der Waals surface area contributed by atoms with E-state index in [0.717, 1.165) is 36.0 Å². The third-order valence-electron chi connectivity index (χ3n) is 7.14. The van der Waals surface area contributed by atoms with E-state index in [-0.39, 0.29) is 23.9 Å². The minimum Gasteiger partial charge on any atom is -0.355 e. The highest BCUT2D eigenvalue weighted by atomic mass is 32.2. The number of anilines is 1. The van der Waals surface area contributed by atoms with Crippen LogP contribution < -0.4 is 4.90 Å². The number of halogens is 3. The van der Waals surface area contributed by atoms with Crippen LogP contribution in [0.15, 0.2) is 65.7 Å². The fourth-order valence-electron chi connectivity index (χ4n) is 5.02. The summed E-state index contributed by atoms with van der Waals surface area (Å²) in [5.74, 6) is 1.49. The summed E-state index contributed by atoms with van der Waals surface area (Å²) in [6.07, 6.45) is -0.532. The van der Waals surface area contributed by atoms with E-state index in [1.165, 1.54) is 10.4 Å². The molecule has 12 heteroatoms. The van der Waals surface area contributed by atoms with Gasteiger partial charge in [0.25, 0.3) is 0 Å². The minimum absolute atomic E-state index is 0.108. The number of sulfonamides is 1. The molecule has 40 heavy (non-hydrogen) atoms. The molecule has 2 aromatic heterocycles. The average molecular weight is 573 g/mol. The number of para-hydroxylation sites is 1. The van der Waals surface area contributed by atoms with Crippen LogP contribution in [0, 0.1) is 0 Å². The molecule has 5 rings (SSSR count). The van der Waals surface area contributed by atoms with Crippen LogP contribution in [0.3, 0.4) is 0 Å². The molecule has 0 saturated carbocycles. The number of nitrogens with zero attached hydrogens (tertiary/aromatic N) is 6. The highest BCUT2D eigenvalue weighted by Gasteiger charge is 2.34. The summed E-state index contributed by atoms with van der Waals surface area (Å²) in [6.45, 7) is 5.34. The van der Waals surface area contributed by atoms with Crippen molar-refractivity contribution in [3.63, 3.8) is 0 Å². The molecule has 0 spiro atoms. The van der Waals surface area contributed by atoms with Crippen molar-refractivity contribution in [2.75, 3.05) is 31.1 Å². The standard InChI is InChI=1S/C28H31F3N6O2S/c1-3-9-20(2)25-33-26(24-19-32-37(27(24)34-25)22-11-5-4-6-12-22)35-14-8-15-36(17-16-35)40(38,39)23-13-7-10-21(18-23)28(29,30)31/h4-7,10-13,18-20H,3,8-9,14-17H2,1-2H3. The third kappa shape index (κ3) is 5.55. The van der Waals surface area contributed by atoms with Crippen LogP contribution in [0.2, 0.25) is 0 Å². The zero-order valence-electron chi connectivity index (χ0n) is 22.3. The van der Waals surface area contributed by atoms with Gasteiger partial charge in [-0.15, -0.1) is 0 Å². The molecule has 1 aliphatic heterocycles. The first-order valence-corrected chi connectivity index (χ1v) is 14.8. The second-order valence-electron chi connectivity index (χ2n) is 9.99. The molecule has 0 aliphatic carbocycles. The summed E-state index contributed by atoms with van der Waals surface area (Å²) < 4.78 is 69.5. The van der Waals surface area contributed by atoms with E-state index in [2.05, 4.69) is 18.9 Å². The molecule has 1 aliphatic rings. The van der Waals surface area contributed by atoms with E-state index in [0.29, 0.717) is 42.9 Å². The van der Waals surface area contributed by atoms with Gasteiger partial charge in [0.05, 0.1) is 27.7 Å². The lowest BCUT2D eigenvalue weighted by molar-refractivity contribution is -0.137. The van der Waals surface area contributed by atoms with E-state index < -0.39 is 21.8 Å². The lowest BCUT2D eigenvalue weighted by Gasteiger charge is -2.24. The lowest BCUT2D eigenvalue weighted by atomic mass is 10.1. The van der Waals surface area contributed by atoms with Crippen molar-refractivity contribution in [3.05, 3.63) is 72.2 Å². The summed E-state index contributed by atoms with van der Waals surface area (Å²) >= 11 is 0. The van der Waals surface area contributed by atoms with Gasteiger partial charge in [0.2, 0.25) is 10.0 Å². The second-order valence-corrected chi connectivity index (χ2v) is 11.9. The van der Waals surface area contributed by atoms with Crippen LogP contribution in [-0.4, -0.2) is 58.7 Å². The molecule has 8 nitrogen and oxygen atoms in total. The van der Waals surface area contributed by atoms with Gasteiger partial charge < -0.3 is 4.90 Å². The summed E-state index contributed by atoms with van der Waals surface area (Å²) in [7, 11) is -4.12. The minimum atomic E-state index is -4.63. The number of hydrogen-bond donors (Lipinski definition) is 0. The van der Waals surface area contributed by atoms with Gasteiger partial charge in [0, 0.05) is 32.1 Å². The Labute approximate surface area is 231 Å². The Morgan fingerprint density at radius 2 is 1.75 bits per heavy atom. The summed E-state index contributed by atoms with van der Waals surface area (Å²) in [5, 5.41) is 5.36. The van der Waals surface area contributed by atoms with Crippen molar-refractivity contribution in [2.24, 2.45) is 0 Å². The third-order valence-corrected chi connectivity index (χ3v) is 9.04. The Hall–Kier alpha value is -3.51. The number of rotatable bonds is 7. The number of aromatic nitrogens is 4. The molecular formula is C28H31F3N6O2S. The summed E-state index contributed by atoms with van der Waals surface area (Å²) in [5.41, 5.74) is 0.551. The van der Waals surface area contributed by atoms with E-state index in [1.807, 2.05) is 35.2 Å². The molecule has 2 aromatic carbocycles. The predicted molar refractivity (Wildman–Crippen MR) is 147 cm³/mol. The van der Waals surface area contributed by atoms with Gasteiger partial charge in [-0.2, -0.15) is 22.6 Å². The molecule has 1 saturated heterocycles. The fourth-order valence-corrected chi connectivity index (χ4v) is 6.54. The van der Waals surface area contributed by atoms with Crippen LogP contribution in [0.4, 0.5) is 19.0 Å². The van der Waals surface area contributed by atoms with Crippen LogP contribution in [0.25, 0.3) is 16.7 Å². The molecule has 4 aromatic rings. The number of fused-ring (bicyclic) bond motifs is 1. The zero-order valence-corrected chi connectivity index (χ0v) is 23.2. The van der Waals surface area contributed by atoms with Gasteiger partial charge in [0.15, 0.2) is 5.65 Å². The molecule has 212 valence electrons. The second kappa shape index (κ2) is 11.2. The van der Waals surface area contributed by atoms with E-state index in [1.54, 1.807) is 10.9 Å². The molecule has 0 amide bonds. The number of hydrogen-bond acceptors (Lipinski definition) is 6. The molecule has 1 atom stereocenters. The van der Waals surface area contributed by atoms with Gasteiger partial charge >= 0.3 is 6.18 Å². The number of benzene rings is 2. The van der Waals surface area contributed by atoms with Crippen LogP contribution in [-0.2, 0) is 16.2 Å². The maximum atomic E-state index is 13.4. The quantitative estimate of drug-likeness (QED) is 0.285. The van der Waals surface area contributed by atoms with Gasteiger partial charge in [-0.1, -0.05) is 44.5 Å². The highest BCUT2D eigenvalue weighted by Crippen LogP contribution is 2.33. The first-order valence-electron chi connectivity index (χ1n) is 13.3. The fraction of sp³-hybridized carbons (Fsp3) is 0.393. The molecule has 0 radical (unpaired) electrons. The molecule has 3 heterocycles. The molecule has 0 bridgehead atoms. The van der Waals surface area contributed by atoms with E-state index in [4.69, 9.17) is 9.97 Å². The Bertz CT molecular complexity index is 1590. The Balaban J connectivity index is 1.48. The maximum absolute atomic E-state index is 13.4. The lowest BCUT2D eigenvalue weighted by Crippen LogP contribution is -2.35. The first-order chi connectivity index (χ1) is 19.1. The molecule has 1 fully saturated rings. The van der Waals surface area contributed by atoms with Crippen molar-refractivity contribution in [1.82, 2.24) is 24.1 Å². The maximum Gasteiger partial charge on any atom is 0.416 e. The topological polar surface area (TPSA) is 84.2 Å². The largest absolute Gasteiger partial charge is 0.416 e. The van der Waals surface area contributed by atoms with Gasteiger partial charge in [-0.05, 0) is 43.2 Å². The Morgan fingerprint density at radius 1 is 0.975 bits per heavy atom. The van der Waals surface area contributed by atoms with Crippen LogP contribution in [0.1, 0.15) is 50.4 Å². The van der Waals surface area contributed by atoms with Crippen molar-refractivity contribution in [3.8, 4) is 5.69 Å². The highest BCUT2D eigenvalue weighted by molar-refractivity contribution is 7.89. The number of alkyl halides is 3. The normalized spacial score (nSPS) is 16.3. The van der Waals surface area contributed by atoms with Crippen LogP contribution in [0.5, 0.6) is 0 Å². The Morgan fingerprint density at radius 3 is 2.48 bits per heavy atom. The first kappa shape index (κ1) is 28.0. The van der Waals surface area contributed by atoms with E-state index >= 15 is 0 Å². The average Bonchev–Trinajstić information content (AvgIpc) is 3.21.